The van der Waals surface area contributed by atoms with Crippen LogP contribution >= 0.6 is 0 Å². The third-order valence-corrected chi connectivity index (χ3v) is 4.26. The zero-order valence-corrected chi connectivity index (χ0v) is 13.3. The molecule has 0 bridgehead atoms. The fourth-order valence-electron chi connectivity index (χ4n) is 2.91. The number of carbonyl (C=O) groups excluding carboxylic acids is 3. The van der Waals surface area contributed by atoms with Gasteiger partial charge in [-0.1, -0.05) is 0 Å². The molecular formula is C16H18FN3O4. The Morgan fingerprint density at radius 2 is 1.96 bits per heavy atom. The van der Waals surface area contributed by atoms with Crippen molar-refractivity contribution in [1.82, 2.24) is 14.7 Å². The van der Waals surface area contributed by atoms with Gasteiger partial charge in [0.2, 0.25) is 11.8 Å². The zero-order chi connectivity index (χ0) is 17.3. The van der Waals surface area contributed by atoms with Gasteiger partial charge >= 0.3 is 0 Å². The Morgan fingerprint density at radius 1 is 1.25 bits per heavy atom. The summed E-state index contributed by atoms with van der Waals surface area (Å²) >= 11 is 0. The lowest BCUT2D eigenvalue weighted by Crippen LogP contribution is -2.67. The molecule has 2 aliphatic heterocycles. The summed E-state index contributed by atoms with van der Waals surface area (Å²) in [6.07, 6.45) is 0. The predicted octanol–water partition coefficient (Wildman–Crippen LogP) is -0.284. The molecule has 2 heterocycles. The number of carbonyl (C=O) groups is 3. The fourth-order valence-corrected chi connectivity index (χ4v) is 2.91. The van der Waals surface area contributed by atoms with Gasteiger partial charge < -0.3 is 19.4 Å². The molecule has 0 N–H and O–H groups in total. The molecule has 0 radical (unpaired) electrons. The summed E-state index contributed by atoms with van der Waals surface area (Å²) in [6.45, 7) is 0.754. The van der Waals surface area contributed by atoms with E-state index in [4.69, 9.17) is 4.74 Å². The van der Waals surface area contributed by atoms with Crippen molar-refractivity contribution in [3.63, 3.8) is 0 Å². The van der Waals surface area contributed by atoms with Gasteiger partial charge in [0.15, 0.2) is 6.61 Å². The summed E-state index contributed by atoms with van der Waals surface area (Å²) < 4.78 is 18.2. The van der Waals surface area contributed by atoms with Gasteiger partial charge in [0, 0.05) is 20.1 Å². The molecule has 3 rings (SSSR count). The second-order valence-electron chi connectivity index (χ2n) is 5.88. The second-order valence-corrected chi connectivity index (χ2v) is 5.88. The molecule has 7 nitrogen and oxygen atoms in total. The highest BCUT2D eigenvalue weighted by molar-refractivity contribution is 5.95. The number of piperazine rings is 2. The Labute approximate surface area is 138 Å². The molecule has 0 aliphatic carbocycles. The lowest BCUT2D eigenvalue weighted by Gasteiger charge is -2.45. The number of fused-ring (bicyclic) bond motifs is 1. The molecular weight excluding hydrogens is 317 g/mol. The number of hydrogen-bond donors (Lipinski definition) is 0. The van der Waals surface area contributed by atoms with E-state index in [2.05, 4.69) is 0 Å². The number of nitrogens with zero attached hydrogens (tertiary/aromatic N) is 3. The van der Waals surface area contributed by atoms with E-state index in [1.807, 2.05) is 0 Å². The summed E-state index contributed by atoms with van der Waals surface area (Å²) in [5.74, 6) is -0.516. The van der Waals surface area contributed by atoms with Gasteiger partial charge in [-0.05, 0) is 24.3 Å². The van der Waals surface area contributed by atoms with E-state index in [1.54, 1.807) is 7.05 Å². The minimum Gasteiger partial charge on any atom is -0.484 e. The van der Waals surface area contributed by atoms with Crippen LogP contribution in [0.1, 0.15) is 0 Å². The van der Waals surface area contributed by atoms with E-state index < -0.39 is 6.04 Å². The number of amides is 3. The number of benzene rings is 1. The van der Waals surface area contributed by atoms with E-state index in [9.17, 15) is 18.8 Å². The van der Waals surface area contributed by atoms with Gasteiger partial charge in [-0.2, -0.15) is 0 Å². The monoisotopic (exact) mass is 335 g/mol. The number of rotatable bonds is 3. The molecule has 2 saturated heterocycles. The van der Waals surface area contributed by atoms with Crippen LogP contribution in [0, 0.1) is 5.82 Å². The van der Waals surface area contributed by atoms with Crippen LogP contribution in [-0.4, -0.2) is 78.3 Å². The number of ether oxygens (including phenoxy) is 1. The topological polar surface area (TPSA) is 70.2 Å². The fraction of sp³-hybridized carbons (Fsp3) is 0.438. The van der Waals surface area contributed by atoms with Gasteiger partial charge in [0.05, 0.1) is 13.1 Å². The van der Waals surface area contributed by atoms with Crippen LogP contribution in [-0.2, 0) is 14.4 Å². The lowest BCUT2D eigenvalue weighted by atomic mass is 10.1. The molecule has 1 aromatic carbocycles. The number of hydrogen-bond acceptors (Lipinski definition) is 4. The smallest absolute Gasteiger partial charge is 0.260 e. The molecule has 2 fully saturated rings. The molecule has 3 amide bonds. The van der Waals surface area contributed by atoms with Crippen LogP contribution in [0.25, 0.3) is 0 Å². The highest BCUT2D eigenvalue weighted by Gasteiger charge is 2.42. The van der Waals surface area contributed by atoms with Gasteiger partial charge in [0.25, 0.3) is 5.91 Å². The van der Waals surface area contributed by atoms with Crippen LogP contribution in [0.3, 0.4) is 0 Å². The van der Waals surface area contributed by atoms with Crippen LogP contribution in [0.15, 0.2) is 24.3 Å². The van der Waals surface area contributed by atoms with Crippen LogP contribution < -0.4 is 4.74 Å². The van der Waals surface area contributed by atoms with Crippen molar-refractivity contribution in [2.45, 2.75) is 6.04 Å². The molecule has 0 unspecified atom stereocenters. The Bertz CT molecular complexity index is 664. The molecule has 2 aliphatic rings. The van der Waals surface area contributed by atoms with Gasteiger partial charge in [0.1, 0.15) is 17.6 Å². The third kappa shape index (κ3) is 3.17. The van der Waals surface area contributed by atoms with E-state index in [0.29, 0.717) is 18.8 Å². The molecule has 0 aromatic heterocycles. The Balaban J connectivity index is 1.59. The normalized spacial score (nSPS) is 20.9. The maximum atomic E-state index is 12.8. The quantitative estimate of drug-likeness (QED) is 0.762. The summed E-state index contributed by atoms with van der Waals surface area (Å²) in [5.41, 5.74) is 0. The van der Waals surface area contributed by atoms with Gasteiger partial charge in [-0.3, -0.25) is 14.4 Å². The Morgan fingerprint density at radius 3 is 2.67 bits per heavy atom. The second kappa shape index (κ2) is 6.46. The molecule has 8 heteroatoms. The number of likely N-dealkylation sites (N-methyl/N-ethyl adjacent to an activating group) is 1. The van der Waals surface area contributed by atoms with E-state index in [0.717, 1.165) is 0 Å². The SMILES string of the molecule is CN1CC(=O)N2CCN(C(=O)COc3ccc(F)cc3)C[C@H]2C1=O. The summed E-state index contributed by atoms with van der Waals surface area (Å²) in [5, 5.41) is 0. The first-order valence-electron chi connectivity index (χ1n) is 7.66. The first-order valence-corrected chi connectivity index (χ1v) is 7.66. The standard InChI is InChI=1S/C16H18FN3O4/c1-18-9-14(21)20-7-6-19(8-13(20)16(18)23)15(22)10-24-12-4-2-11(17)3-5-12/h2-5,13H,6-10H2,1H3/t13-/m0/s1. The largest absolute Gasteiger partial charge is 0.484 e. The average molecular weight is 335 g/mol. The van der Waals surface area contributed by atoms with Crippen LogP contribution in [0.5, 0.6) is 5.75 Å². The minimum absolute atomic E-state index is 0.0803. The van der Waals surface area contributed by atoms with E-state index in [-0.39, 0.29) is 43.2 Å². The van der Waals surface area contributed by atoms with Crippen molar-refractivity contribution in [3.8, 4) is 5.75 Å². The Hall–Kier alpha value is -2.64. The molecule has 128 valence electrons. The molecule has 0 spiro atoms. The molecule has 0 saturated carbocycles. The highest BCUT2D eigenvalue weighted by atomic mass is 19.1. The molecule has 1 aromatic rings. The molecule has 1 atom stereocenters. The van der Waals surface area contributed by atoms with E-state index in [1.165, 1.54) is 39.0 Å². The van der Waals surface area contributed by atoms with E-state index >= 15 is 0 Å². The highest BCUT2D eigenvalue weighted by Crippen LogP contribution is 2.18. The minimum atomic E-state index is -0.625. The van der Waals surface area contributed by atoms with Crippen LogP contribution in [0.4, 0.5) is 4.39 Å². The van der Waals surface area contributed by atoms with Crippen molar-refractivity contribution in [2.75, 3.05) is 39.8 Å². The van der Waals surface area contributed by atoms with Crippen LogP contribution in [0.2, 0.25) is 0 Å². The lowest BCUT2D eigenvalue weighted by molar-refractivity contribution is -0.160. The summed E-state index contributed by atoms with van der Waals surface area (Å²) in [6, 6.07) is 4.76. The van der Waals surface area contributed by atoms with Crippen molar-refractivity contribution in [3.05, 3.63) is 30.1 Å². The van der Waals surface area contributed by atoms with Crippen molar-refractivity contribution in [1.29, 1.82) is 0 Å². The predicted molar refractivity (Wildman–Crippen MR) is 81.6 cm³/mol. The average Bonchev–Trinajstić information content (AvgIpc) is 2.58. The number of halogens is 1. The van der Waals surface area contributed by atoms with Gasteiger partial charge in [-0.25, -0.2) is 4.39 Å². The maximum absolute atomic E-state index is 12.8. The summed E-state index contributed by atoms with van der Waals surface area (Å²) in [4.78, 5) is 40.9. The Kier molecular flexibility index (Phi) is 4.37. The molecule has 24 heavy (non-hydrogen) atoms. The first-order chi connectivity index (χ1) is 11.5. The zero-order valence-electron chi connectivity index (χ0n) is 13.3. The first kappa shape index (κ1) is 16.2. The van der Waals surface area contributed by atoms with Crippen molar-refractivity contribution < 1.29 is 23.5 Å². The maximum Gasteiger partial charge on any atom is 0.260 e. The van der Waals surface area contributed by atoms with Crippen molar-refractivity contribution >= 4 is 17.7 Å². The van der Waals surface area contributed by atoms with Crippen molar-refractivity contribution in [2.24, 2.45) is 0 Å². The summed E-state index contributed by atoms with van der Waals surface area (Å²) in [7, 11) is 1.58. The van der Waals surface area contributed by atoms with Gasteiger partial charge in [-0.15, -0.1) is 0 Å². The third-order valence-electron chi connectivity index (χ3n) is 4.26.